The minimum Gasteiger partial charge on any atom is -0.369 e. The van der Waals surface area contributed by atoms with Crippen LogP contribution in [0.1, 0.15) is 25.3 Å². The van der Waals surface area contributed by atoms with Crippen molar-refractivity contribution in [1.29, 1.82) is 0 Å². The van der Waals surface area contributed by atoms with Gasteiger partial charge in [-0.25, -0.2) is 12.8 Å². The molecule has 34 heavy (non-hydrogen) atoms. The number of benzene rings is 2. The van der Waals surface area contributed by atoms with E-state index in [0.717, 1.165) is 56.1 Å². The first-order valence-corrected chi connectivity index (χ1v) is 13.4. The molecule has 0 bridgehead atoms. The molecule has 0 saturated carbocycles. The monoisotopic (exact) mass is 488 g/mol. The van der Waals surface area contributed by atoms with Crippen LogP contribution >= 0.6 is 0 Å². The zero-order valence-electron chi connectivity index (χ0n) is 19.8. The summed E-state index contributed by atoms with van der Waals surface area (Å²) in [5.41, 5.74) is 3.01. The van der Waals surface area contributed by atoms with Gasteiger partial charge in [-0.2, -0.15) is 4.31 Å². The van der Waals surface area contributed by atoms with Gasteiger partial charge in [0.05, 0.1) is 10.8 Å². The quantitative estimate of drug-likeness (QED) is 0.676. The molecular weight excluding hydrogens is 455 g/mol. The number of rotatable bonds is 6. The van der Waals surface area contributed by atoms with Gasteiger partial charge in [-0.15, -0.1) is 0 Å². The molecule has 0 aliphatic carbocycles. The summed E-state index contributed by atoms with van der Waals surface area (Å²) in [7, 11) is -3.77. The number of piperidine rings is 1. The fourth-order valence-electron chi connectivity index (χ4n) is 4.77. The highest BCUT2D eigenvalue weighted by molar-refractivity contribution is 7.89. The number of sulfonamides is 1. The Bertz CT molecular complexity index is 1120. The Labute approximate surface area is 201 Å². The van der Waals surface area contributed by atoms with Crippen LogP contribution in [0.5, 0.6) is 0 Å². The Kier molecular flexibility index (Phi) is 7.54. The third kappa shape index (κ3) is 5.42. The van der Waals surface area contributed by atoms with Gasteiger partial charge in [0.1, 0.15) is 5.82 Å². The van der Waals surface area contributed by atoms with Gasteiger partial charge in [0, 0.05) is 50.6 Å². The van der Waals surface area contributed by atoms with Gasteiger partial charge in [-0.3, -0.25) is 4.79 Å². The first-order chi connectivity index (χ1) is 16.3. The number of aryl methyl sites for hydroxylation is 1. The molecule has 4 rings (SSSR count). The standard InChI is InChI=1S/C25H33FN4O3S/c1-3-28-13-15-29(16-14-28)24-11-8-22(17-19(24)2)27-25(31)20-5-4-12-30(18-20)34(32,33)23-9-6-21(26)7-10-23/h6-11,17,20H,3-5,12-16,18H2,1-2H3,(H,27,31)/t20-/m0/s1. The summed E-state index contributed by atoms with van der Waals surface area (Å²) in [5, 5.41) is 2.98. The number of piperazine rings is 1. The van der Waals surface area contributed by atoms with E-state index >= 15 is 0 Å². The molecule has 0 aromatic heterocycles. The van der Waals surface area contributed by atoms with Crippen LogP contribution in [0.4, 0.5) is 15.8 Å². The molecule has 1 N–H and O–H groups in total. The van der Waals surface area contributed by atoms with Crippen LogP contribution < -0.4 is 10.2 Å². The van der Waals surface area contributed by atoms with Crippen molar-refractivity contribution < 1.29 is 17.6 Å². The van der Waals surface area contributed by atoms with E-state index in [1.54, 1.807) is 0 Å². The smallest absolute Gasteiger partial charge is 0.243 e. The summed E-state index contributed by atoms with van der Waals surface area (Å²) in [5.74, 6) is -1.10. The predicted octanol–water partition coefficient (Wildman–Crippen LogP) is 3.32. The Morgan fingerprint density at radius 1 is 1.06 bits per heavy atom. The van der Waals surface area contributed by atoms with E-state index in [1.165, 1.54) is 22.1 Å². The van der Waals surface area contributed by atoms with Crippen molar-refractivity contribution in [3.63, 3.8) is 0 Å². The normalized spacial score (nSPS) is 20.3. The van der Waals surface area contributed by atoms with Crippen LogP contribution in [0.25, 0.3) is 0 Å². The average Bonchev–Trinajstić information content (AvgIpc) is 2.84. The maximum Gasteiger partial charge on any atom is 0.243 e. The number of nitrogens with one attached hydrogen (secondary N) is 1. The summed E-state index contributed by atoms with van der Waals surface area (Å²) in [6, 6.07) is 10.8. The molecule has 0 spiro atoms. The van der Waals surface area contributed by atoms with Crippen LogP contribution in [0.3, 0.4) is 0 Å². The lowest BCUT2D eigenvalue weighted by atomic mass is 9.98. The van der Waals surface area contributed by atoms with E-state index in [9.17, 15) is 17.6 Å². The Balaban J connectivity index is 1.39. The maximum absolute atomic E-state index is 13.2. The van der Waals surface area contributed by atoms with E-state index in [1.807, 2.05) is 12.1 Å². The van der Waals surface area contributed by atoms with E-state index in [2.05, 4.69) is 35.0 Å². The number of hydrogen-bond donors (Lipinski definition) is 1. The van der Waals surface area contributed by atoms with Crippen molar-refractivity contribution in [3.05, 3.63) is 53.8 Å². The second-order valence-corrected chi connectivity index (χ2v) is 11.0. The summed E-state index contributed by atoms with van der Waals surface area (Å²) in [4.78, 5) is 17.8. The van der Waals surface area contributed by atoms with Crippen LogP contribution in [0.2, 0.25) is 0 Å². The molecule has 7 nitrogen and oxygen atoms in total. The van der Waals surface area contributed by atoms with Crippen LogP contribution in [0.15, 0.2) is 47.4 Å². The number of nitrogens with zero attached hydrogens (tertiary/aromatic N) is 3. The molecule has 2 saturated heterocycles. The minimum atomic E-state index is -3.77. The topological polar surface area (TPSA) is 73.0 Å². The molecule has 1 atom stereocenters. The fourth-order valence-corrected chi connectivity index (χ4v) is 6.29. The molecule has 2 heterocycles. The van der Waals surface area contributed by atoms with Crippen molar-refractivity contribution in [3.8, 4) is 0 Å². The van der Waals surface area contributed by atoms with Gasteiger partial charge in [0.2, 0.25) is 15.9 Å². The van der Waals surface area contributed by atoms with Gasteiger partial charge in [-0.1, -0.05) is 6.92 Å². The van der Waals surface area contributed by atoms with Gasteiger partial charge in [0.25, 0.3) is 0 Å². The molecule has 2 fully saturated rings. The Morgan fingerprint density at radius 2 is 1.76 bits per heavy atom. The highest BCUT2D eigenvalue weighted by atomic mass is 32.2. The molecule has 2 aromatic carbocycles. The zero-order valence-corrected chi connectivity index (χ0v) is 20.7. The lowest BCUT2D eigenvalue weighted by molar-refractivity contribution is -0.120. The molecule has 1 amide bonds. The number of anilines is 2. The molecule has 0 unspecified atom stereocenters. The first-order valence-electron chi connectivity index (χ1n) is 11.9. The highest BCUT2D eigenvalue weighted by Gasteiger charge is 2.33. The number of hydrogen-bond acceptors (Lipinski definition) is 5. The number of halogens is 1. The van der Waals surface area contributed by atoms with E-state index in [4.69, 9.17) is 0 Å². The number of carbonyl (C=O) groups excluding carboxylic acids is 1. The van der Waals surface area contributed by atoms with Crippen LogP contribution in [-0.4, -0.2) is 69.3 Å². The molecule has 9 heteroatoms. The minimum absolute atomic E-state index is 0.0425. The van der Waals surface area contributed by atoms with E-state index < -0.39 is 21.8 Å². The Hall–Kier alpha value is -2.49. The zero-order chi connectivity index (χ0) is 24.3. The summed E-state index contributed by atoms with van der Waals surface area (Å²) in [6.07, 6.45) is 1.22. The molecule has 2 aliphatic heterocycles. The molecule has 0 radical (unpaired) electrons. The second-order valence-electron chi connectivity index (χ2n) is 9.07. The van der Waals surface area contributed by atoms with Gasteiger partial charge < -0.3 is 15.1 Å². The second kappa shape index (κ2) is 10.4. The van der Waals surface area contributed by atoms with Crippen molar-refractivity contribution >= 4 is 27.3 Å². The Morgan fingerprint density at radius 3 is 2.41 bits per heavy atom. The predicted molar refractivity (Wildman–Crippen MR) is 132 cm³/mol. The van der Waals surface area contributed by atoms with Gasteiger partial charge in [-0.05, 0) is 74.3 Å². The summed E-state index contributed by atoms with van der Waals surface area (Å²) >= 11 is 0. The molecule has 184 valence electrons. The van der Waals surface area contributed by atoms with E-state index in [0.29, 0.717) is 19.4 Å². The largest absolute Gasteiger partial charge is 0.369 e. The molecular formula is C25H33FN4O3S. The lowest BCUT2D eigenvalue weighted by Crippen LogP contribution is -2.46. The average molecular weight is 489 g/mol. The van der Waals surface area contributed by atoms with Crippen molar-refractivity contribution in [2.75, 3.05) is 56.0 Å². The summed E-state index contributed by atoms with van der Waals surface area (Å²) in [6.45, 7) is 9.84. The molecule has 2 aliphatic rings. The van der Waals surface area contributed by atoms with Crippen LogP contribution in [-0.2, 0) is 14.8 Å². The third-order valence-corrected chi connectivity index (χ3v) is 8.71. The number of likely N-dealkylation sites (N-methyl/N-ethyl adjacent to an activating group) is 1. The van der Waals surface area contributed by atoms with Crippen LogP contribution in [0, 0.1) is 18.7 Å². The highest BCUT2D eigenvalue weighted by Crippen LogP contribution is 2.27. The fraction of sp³-hybridized carbons (Fsp3) is 0.480. The molecule has 2 aromatic rings. The number of carbonyl (C=O) groups is 1. The third-order valence-electron chi connectivity index (χ3n) is 6.83. The van der Waals surface area contributed by atoms with E-state index in [-0.39, 0.29) is 17.3 Å². The van der Waals surface area contributed by atoms with Crippen molar-refractivity contribution in [2.45, 2.75) is 31.6 Å². The van der Waals surface area contributed by atoms with Gasteiger partial charge >= 0.3 is 0 Å². The first kappa shape index (κ1) is 24.6. The SMILES string of the molecule is CCN1CCN(c2ccc(NC(=O)[C@H]3CCCN(S(=O)(=O)c4ccc(F)cc4)C3)cc2C)CC1. The summed E-state index contributed by atoms with van der Waals surface area (Å²) < 4.78 is 40.5. The van der Waals surface area contributed by atoms with Crippen molar-refractivity contribution in [2.24, 2.45) is 5.92 Å². The van der Waals surface area contributed by atoms with Crippen molar-refractivity contribution in [1.82, 2.24) is 9.21 Å². The number of amides is 1. The lowest BCUT2D eigenvalue weighted by Gasteiger charge is -2.36. The van der Waals surface area contributed by atoms with Gasteiger partial charge in [0.15, 0.2) is 0 Å². The maximum atomic E-state index is 13.2.